The quantitative estimate of drug-likeness (QED) is 0.807. The summed E-state index contributed by atoms with van der Waals surface area (Å²) in [6.45, 7) is 1.26. The first kappa shape index (κ1) is 11.9. The smallest absolute Gasteiger partial charge is 0.221 e. The molecular weight excluding hydrogens is 216 g/mol. The Morgan fingerprint density at radius 1 is 1.47 bits per heavy atom. The molecule has 1 aliphatic rings. The lowest BCUT2D eigenvalue weighted by Crippen LogP contribution is -2.43. The number of para-hydroxylation sites is 1. The highest BCUT2D eigenvalue weighted by Gasteiger charge is 2.20. The van der Waals surface area contributed by atoms with Gasteiger partial charge in [0.05, 0.1) is 6.04 Å². The molecular formula is C13H18N2O2. The van der Waals surface area contributed by atoms with E-state index in [4.69, 9.17) is 4.74 Å². The first-order valence-corrected chi connectivity index (χ1v) is 5.94. The third kappa shape index (κ3) is 3.20. The average Bonchev–Trinajstić information content (AvgIpc) is 2.36. The van der Waals surface area contributed by atoms with Gasteiger partial charge in [-0.2, -0.15) is 0 Å². The molecule has 2 N–H and O–H groups in total. The Labute approximate surface area is 101 Å². The largest absolute Gasteiger partial charge is 0.491 e. The van der Waals surface area contributed by atoms with Crippen LogP contribution >= 0.6 is 0 Å². The molecule has 0 aromatic heterocycles. The molecule has 0 saturated carbocycles. The van der Waals surface area contributed by atoms with E-state index in [-0.39, 0.29) is 11.9 Å². The maximum Gasteiger partial charge on any atom is 0.221 e. The van der Waals surface area contributed by atoms with Crippen LogP contribution in [0.1, 0.15) is 12.0 Å². The van der Waals surface area contributed by atoms with Crippen LogP contribution < -0.4 is 15.4 Å². The van der Waals surface area contributed by atoms with Crippen molar-refractivity contribution in [2.75, 3.05) is 20.2 Å². The first-order chi connectivity index (χ1) is 8.29. The molecule has 92 valence electrons. The average molecular weight is 234 g/mol. The monoisotopic (exact) mass is 234 g/mol. The number of hydrogen-bond acceptors (Lipinski definition) is 3. The van der Waals surface area contributed by atoms with Crippen LogP contribution in [-0.2, 0) is 11.2 Å². The zero-order chi connectivity index (χ0) is 12.1. The lowest BCUT2D eigenvalue weighted by atomic mass is 10.0. The van der Waals surface area contributed by atoms with Crippen LogP contribution in [0.25, 0.3) is 0 Å². The lowest BCUT2D eigenvalue weighted by molar-refractivity contribution is -0.122. The van der Waals surface area contributed by atoms with Crippen molar-refractivity contribution in [2.45, 2.75) is 18.9 Å². The predicted octanol–water partition coefficient (Wildman–Crippen LogP) is 0.716. The Kier molecular flexibility index (Phi) is 3.98. The van der Waals surface area contributed by atoms with Crippen molar-refractivity contribution in [3.63, 3.8) is 0 Å². The van der Waals surface area contributed by atoms with Gasteiger partial charge in [-0.15, -0.1) is 0 Å². The van der Waals surface area contributed by atoms with Crippen molar-refractivity contribution >= 4 is 5.91 Å². The summed E-state index contributed by atoms with van der Waals surface area (Å²) in [5.41, 5.74) is 1.16. The second-order valence-corrected chi connectivity index (χ2v) is 4.24. The highest BCUT2D eigenvalue weighted by molar-refractivity contribution is 5.76. The maximum atomic E-state index is 11.6. The Bertz CT molecular complexity index is 393. The molecule has 1 aromatic rings. The number of rotatable bonds is 4. The number of benzene rings is 1. The minimum absolute atomic E-state index is 0.0762. The summed E-state index contributed by atoms with van der Waals surface area (Å²) >= 11 is 0. The van der Waals surface area contributed by atoms with Crippen molar-refractivity contribution < 1.29 is 9.53 Å². The van der Waals surface area contributed by atoms with E-state index in [1.165, 1.54) is 0 Å². The van der Waals surface area contributed by atoms with E-state index < -0.39 is 0 Å². The van der Waals surface area contributed by atoms with Gasteiger partial charge >= 0.3 is 0 Å². The van der Waals surface area contributed by atoms with Crippen LogP contribution in [-0.4, -0.2) is 32.1 Å². The third-order valence-corrected chi connectivity index (χ3v) is 2.85. The normalized spacial score (nSPS) is 18.1. The topological polar surface area (TPSA) is 50.4 Å². The standard InChI is InChI=1S/C13H18N2O2/c1-14-7-6-13(16)15-11-8-10-4-2-3-5-12(10)17-9-11/h2-5,11,14H,6-9H2,1H3,(H,15,16). The summed E-state index contributed by atoms with van der Waals surface area (Å²) in [6.07, 6.45) is 1.36. The van der Waals surface area contributed by atoms with Gasteiger partial charge < -0.3 is 15.4 Å². The summed E-state index contributed by atoms with van der Waals surface area (Å²) in [7, 11) is 1.84. The highest BCUT2D eigenvalue weighted by atomic mass is 16.5. The minimum atomic E-state index is 0.0762. The van der Waals surface area contributed by atoms with Gasteiger partial charge in [0.15, 0.2) is 0 Å². The Balaban J connectivity index is 1.88. The highest BCUT2D eigenvalue weighted by Crippen LogP contribution is 2.23. The molecule has 1 aliphatic heterocycles. The van der Waals surface area contributed by atoms with Crippen LogP contribution in [0.5, 0.6) is 5.75 Å². The second kappa shape index (κ2) is 5.68. The van der Waals surface area contributed by atoms with Gasteiger partial charge in [-0.05, 0) is 25.1 Å². The van der Waals surface area contributed by atoms with E-state index in [1.807, 2.05) is 31.3 Å². The summed E-state index contributed by atoms with van der Waals surface area (Å²) in [5, 5.41) is 5.95. The van der Waals surface area contributed by atoms with Gasteiger partial charge in [0, 0.05) is 13.0 Å². The Morgan fingerprint density at radius 2 is 2.29 bits per heavy atom. The van der Waals surface area contributed by atoms with Gasteiger partial charge in [-0.3, -0.25) is 4.79 Å². The van der Waals surface area contributed by atoms with Crippen molar-refractivity contribution in [3.05, 3.63) is 29.8 Å². The molecule has 4 nitrogen and oxygen atoms in total. The summed E-state index contributed by atoms with van der Waals surface area (Å²) in [4.78, 5) is 11.6. The number of hydrogen-bond donors (Lipinski definition) is 2. The number of carbonyl (C=O) groups excluding carboxylic acids is 1. The van der Waals surface area contributed by atoms with Crippen LogP contribution in [0.4, 0.5) is 0 Å². The minimum Gasteiger partial charge on any atom is -0.491 e. The van der Waals surface area contributed by atoms with E-state index in [2.05, 4.69) is 10.6 Å². The van der Waals surface area contributed by atoms with Crippen LogP contribution in [0.3, 0.4) is 0 Å². The maximum absolute atomic E-state index is 11.6. The number of carbonyl (C=O) groups is 1. The number of nitrogens with one attached hydrogen (secondary N) is 2. The predicted molar refractivity (Wildman–Crippen MR) is 66.1 cm³/mol. The molecule has 0 aliphatic carbocycles. The fourth-order valence-corrected chi connectivity index (χ4v) is 1.96. The zero-order valence-electron chi connectivity index (χ0n) is 10.0. The van der Waals surface area contributed by atoms with E-state index in [9.17, 15) is 4.79 Å². The SMILES string of the molecule is CNCCC(=O)NC1COc2ccccc2C1. The van der Waals surface area contributed by atoms with Gasteiger partial charge in [-0.1, -0.05) is 18.2 Å². The van der Waals surface area contributed by atoms with Gasteiger partial charge in [0.2, 0.25) is 5.91 Å². The lowest BCUT2D eigenvalue weighted by Gasteiger charge is -2.26. The molecule has 4 heteroatoms. The molecule has 1 amide bonds. The number of amides is 1. The molecule has 0 bridgehead atoms. The van der Waals surface area contributed by atoms with Gasteiger partial charge in [0.1, 0.15) is 12.4 Å². The molecule has 17 heavy (non-hydrogen) atoms. The molecule has 1 aromatic carbocycles. The number of fused-ring (bicyclic) bond motifs is 1. The van der Waals surface area contributed by atoms with Gasteiger partial charge in [0.25, 0.3) is 0 Å². The van der Waals surface area contributed by atoms with E-state index in [0.29, 0.717) is 19.6 Å². The molecule has 0 radical (unpaired) electrons. The molecule has 1 atom stereocenters. The molecule has 0 fully saturated rings. The van der Waals surface area contributed by atoms with Crippen LogP contribution in [0.15, 0.2) is 24.3 Å². The Hall–Kier alpha value is -1.55. The first-order valence-electron chi connectivity index (χ1n) is 5.94. The summed E-state index contributed by atoms with van der Waals surface area (Å²) in [5.74, 6) is 1.01. The summed E-state index contributed by atoms with van der Waals surface area (Å²) < 4.78 is 5.61. The van der Waals surface area contributed by atoms with Crippen molar-refractivity contribution in [2.24, 2.45) is 0 Å². The zero-order valence-corrected chi connectivity index (χ0v) is 10.0. The van der Waals surface area contributed by atoms with Crippen molar-refractivity contribution in [3.8, 4) is 5.75 Å². The van der Waals surface area contributed by atoms with E-state index in [0.717, 1.165) is 17.7 Å². The molecule has 0 spiro atoms. The Morgan fingerprint density at radius 3 is 3.12 bits per heavy atom. The van der Waals surface area contributed by atoms with Crippen LogP contribution in [0, 0.1) is 0 Å². The fraction of sp³-hybridized carbons (Fsp3) is 0.462. The fourth-order valence-electron chi connectivity index (χ4n) is 1.96. The summed E-state index contributed by atoms with van der Waals surface area (Å²) in [6, 6.07) is 8.06. The second-order valence-electron chi connectivity index (χ2n) is 4.24. The third-order valence-electron chi connectivity index (χ3n) is 2.85. The number of ether oxygens (including phenoxy) is 1. The van der Waals surface area contributed by atoms with Crippen LogP contribution in [0.2, 0.25) is 0 Å². The molecule has 2 rings (SSSR count). The van der Waals surface area contributed by atoms with E-state index in [1.54, 1.807) is 0 Å². The van der Waals surface area contributed by atoms with Gasteiger partial charge in [-0.25, -0.2) is 0 Å². The molecule has 1 unspecified atom stereocenters. The molecule has 1 heterocycles. The van der Waals surface area contributed by atoms with E-state index >= 15 is 0 Å². The molecule has 0 saturated heterocycles. The van der Waals surface area contributed by atoms with Crippen molar-refractivity contribution in [1.29, 1.82) is 0 Å². The van der Waals surface area contributed by atoms with Crippen molar-refractivity contribution in [1.82, 2.24) is 10.6 Å².